The van der Waals surface area contributed by atoms with Crippen LogP contribution in [0.3, 0.4) is 0 Å². The number of rotatable bonds is 13. The number of aliphatic hydroxyl groups is 1. The van der Waals surface area contributed by atoms with Crippen LogP contribution in [0.15, 0.2) is 46.8 Å². The Morgan fingerprint density at radius 1 is 1.27 bits per heavy atom. The molecule has 2 N–H and O–H groups in total. The minimum absolute atomic E-state index is 0.196. The highest BCUT2D eigenvalue weighted by Gasteiger charge is 2.30. The van der Waals surface area contributed by atoms with Crippen molar-refractivity contribution in [2.45, 2.75) is 48.8 Å². The first-order valence-corrected chi connectivity index (χ1v) is 15.0. The molecule has 200 valence electrons. The average molecular weight is 563 g/mol. The van der Waals surface area contributed by atoms with Gasteiger partial charge < -0.3 is 19.8 Å². The number of thiophene rings is 1. The van der Waals surface area contributed by atoms with Crippen molar-refractivity contribution >= 4 is 51.6 Å². The highest BCUT2D eigenvalue weighted by Crippen LogP contribution is 2.36. The number of carbonyl (C=O) groups is 1. The number of carboxylic acid groups (broad SMARTS) is 1. The van der Waals surface area contributed by atoms with Gasteiger partial charge in [-0.25, -0.2) is 0 Å². The van der Waals surface area contributed by atoms with Gasteiger partial charge in [0.15, 0.2) is 0 Å². The number of nitrogens with zero attached hydrogens (tertiary/aromatic N) is 2. The Kier molecular flexibility index (Phi) is 10.5. The first-order chi connectivity index (χ1) is 17.9. The van der Waals surface area contributed by atoms with Gasteiger partial charge in [0.25, 0.3) is 0 Å². The van der Waals surface area contributed by atoms with Crippen LogP contribution in [0.2, 0.25) is 4.34 Å². The van der Waals surface area contributed by atoms with Crippen molar-refractivity contribution in [1.82, 2.24) is 9.88 Å². The number of aliphatic carboxylic acids is 1. The predicted molar refractivity (Wildman–Crippen MR) is 152 cm³/mol. The molecule has 9 heteroatoms. The molecule has 1 saturated heterocycles. The first kappa shape index (κ1) is 28.2. The highest BCUT2D eigenvalue weighted by molar-refractivity contribution is 8.01. The lowest BCUT2D eigenvalue weighted by Gasteiger charge is -2.39. The normalized spacial score (nSPS) is 19.2. The number of thioether (sulfide) groups is 1. The second kappa shape index (κ2) is 13.8. The zero-order valence-corrected chi connectivity index (χ0v) is 23.5. The fourth-order valence-electron chi connectivity index (χ4n) is 5.30. The Balaban J connectivity index is 1.32. The van der Waals surface area contributed by atoms with Crippen molar-refractivity contribution in [3.8, 4) is 5.75 Å². The summed E-state index contributed by atoms with van der Waals surface area (Å²) in [5.74, 6) is 1.80. The van der Waals surface area contributed by atoms with Gasteiger partial charge in [-0.15, -0.1) is 23.1 Å². The molecular weight excluding hydrogens is 528 g/mol. The molecule has 6 nitrogen and oxygen atoms in total. The second-order valence-electron chi connectivity index (χ2n) is 9.68. The molecule has 0 amide bonds. The SMILES string of the molecule is COc1ccc2nccc(C(O)CC[C@@H]3CCN(CCCSc4ccc(Cl)s4)C[C@@H]3CCC(=O)O)c2c1. The molecule has 3 aromatic rings. The van der Waals surface area contributed by atoms with Gasteiger partial charge in [0.2, 0.25) is 0 Å². The number of hydrogen-bond donors (Lipinski definition) is 2. The molecule has 0 saturated carbocycles. The summed E-state index contributed by atoms with van der Waals surface area (Å²) in [4.78, 5) is 18.2. The number of fused-ring (bicyclic) bond motifs is 1. The van der Waals surface area contributed by atoms with Crippen molar-refractivity contribution in [2.75, 3.05) is 32.5 Å². The quantitative estimate of drug-likeness (QED) is 0.176. The van der Waals surface area contributed by atoms with E-state index < -0.39 is 12.1 Å². The molecule has 0 radical (unpaired) electrons. The Hall–Kier alpha value is -1.84. The van der Waals surface area contributed by atoms with E-state index in [9.17, 15) is 15.0 Å². The van der Waals surface area contributed by atoms with E-state index in [0.717, 1.165) is 71.2 Å². The third-order valence-electron chi connectivity index (χ3n) is 7.27. The Morgan fingerprint density at radius 2 is 2.14 bits per heavy atom. The summed E-state index contributed by atoms with van der Waals surface area (Å²) < 4.78 is 7.45. The molecule has 2 aromatic heterocycles. The molecule has 0 aliphatic carbocycles. The molecule has 4 rings (SSSR count). The van der Waals surface area contributed by atoms with E-state index in [2.05, 4.69) is 16.0 Å². The number of likely N-dealkylation sites (tertiary alicyclic amines) is 1. The third kappa shape index (κ3) is 8.07. The molecular formula is C28H35ClN2O4S2. The van der Waals surface area contributed by atoms with Gasteiger partial charge >= 0.3 is 5.97 Å². The van der Waals surface area contributed by atoms with Gasteiger partial charge in [0.05, 0.1) is 27.3 Å². The van der Waals surface area contributed by atoms with Gasteiger partial charge in [-0.05, 0) is 99.0 Å². The van der Waals surface area contributed by atoms with E-state index in [-0.39, 0.29) is 6.42 Å². The van der Waals surface area contributed by atoms with Crippen molar-refractivity contribution in [3.63, 3.8) is 0 Å². The lowest BCUT2D eigenvalue weighted by atomic mass is 9.79. The number of aromatic nitrogens is 1. The van der Waals surface area contributed by atoms with E-state index in [0.29, 0.717) is 24.7 Å². The average Bonchev–Trinajstić information content (AvgIpc) is 3.33. The maximum atomic E-state index is 11.3. The summed E-state index contributed by atoms with van der Waals surface area (Å²) in [6.45, 7) is 2.98. The third-order valence-corrected chi connectivity index (χ3v) is 9.81. The lowest BCUT2D eigenvalue weighted by molar-refractivity contribution is -0.137. The van der Waals surface area contributed by atoms with Crippen LogP contribution in [-0.2, 0) is 4.79 Å². The molecule has 1 fully saturated rings. The monoisotopic (exact) mass is 562 g/mol. The first-order valence-electron chi connectivity index (χ1n) is 12.9. The number of piperidine rings is 1. The molecule has 3 atom stereocenters. The van der Waals surface area contributed by atoms with Crippen molar-refractivity contribution < 1.29 is 19.7 Å². The number of hydrogen-bond acceptors (Lipinski definition) is 7. The maximum Gasteiger partial charge on any atom is 0.303 e. The maximum absolute atomic E-state index is 11.3. The lowest BCUT2D eigenvalue weighted by Crippen LogP contribution is -2.41. The number of carboxylic acids is 1. The number of halogens is 1. The standard InChI is InChI=1S/C28H35ClN2O4S2/c1-35-21-5-6-24-23(17-21)22(11-13-30-24)25(32)7-3-19-12-15-31(18-20(19)4-9-27(33)34)14-2-16-36-28-10-8-26(29)37-28/h5-6,8,10-11,13,17,19-20,25,32H,2-4,7,9,12,14-16,18H2,1H3,(H,33,34)/t19-,20+,25?/m1/s1. The predicted octanol–water partition coefficient (Wildman–Crippen LogP) is 6.76. The summed E-state index contributed by atoms with van der Waals surface area (Å²) in [7, 11) is 1.63. The number of methoxy groups -OCH3 is 1. The zero-order chi connectivity index (χ0) is 26.2. The molecule has 1 aliphatic heterocycles. The molecule has 3 heterocycles. The van der Waals surface area contributed by atoms with E-state index >= 15 is 0 Å². The summed E-state index contributed by atoms with van der Waals surface area (Å²) in [6, 6.07) is 11.6. The van der Waals surface area contributed by atoms with E-state index in [1.54, 1.807) is 24.6 Å². The zero-order valence-electron chi connectivity index (χ0n) is 21.1. The van der Waals surface area contributed by atoms with Crippen LogP contribution >= 0.6 is 34.7 Å². The molecule has 1 aromatic carbocycles. The van der Waals surface area contributed by atoms with Crippen LogP contribution in [0.5, 0.6) is 5.75 Å². The highest BCUT2D eigenvalue weighted by atomic mass is 35.5. The molecule has 37 heavy (non-hydrogen) atoms. The fourth-order valence-corrected chi connectivity index (χ4v) is 7.61. The van der Waals surface area contributed by atoms with Crippen LogP contribution in [0, 0.1) is 11.8 Å². The van der Waals surface area contributed by atoms with Crippen molar-refractivity contribution in [2.24, 2.45) is 11.8 Å². The number of pyridine rings is 1. The van der Waals surface area contributed by atoms with E-state index in [4.69, 9.17) is 16.3 Å². The van der Waals surface area contributed by atoms with Gasteiger partial charge in [-0.2, -0.15) is 0 Å². The van der Waals surface area contributed by atoms with Gasteiger partial charge in [-0.1, -0.05) is 11.6 Å². The molecule has 0 bridgehead atoms. The van der Waals surface area contributed by atoms with Crippen molar-refractivity contribution in [1.29, 1.82) is 0 Å². The second-order valence-corrected chi connectivity index (χ2v) is 12.8. The smallest absolute Gasteiger partial charge is 0.303 e. The molecule has 1 unspecified atom stereocenters. The Bertz CT molecular complexity index is 1170. The van der Waals surface area contributed by atoms with Crippen LogP contribution in [-0.4, -0.2) is 58.6 Å². The van der Waals surface area contributed by atoms with Gasteiger partial charge in [0.1, 0.15) is 5.75 Å². The fraction of sp³-hybridized carbons (Fsp3) is 0.500. The Labute approximate surface area is 232 Å². The van der Waals surface area contributed by atoms with E-state index in [1.165, 1.54) is 4.21 Å². The van der Waals surface area contributed by atoms with Crippen LogP contribution < -0.4 is 4.74 Å². The number of benzene rings is 1. The summed E-state index contributed by atoms with van der Waals surface area (Å²) in [6.07, 6.45) is 5.67. The van der Waals surface area contributed by atoms with E-state index in [1.807, 2.05) is 42.1 Å². The molecule has 0 spiro atoms. The minimum Gasteiger partial charge on any atom is -0.497 e. The van der Waals surface area contributed by atoms with Crippen LogP contribution in [0.1, 0.15) is 50.2 Å². The van der Waals surface area contributed by atoms with Gasteiger partial charge in [-0.3, -0.25) is 9.78 Å². The van der Waals surface area contributed by atoms with Gasteiger partial charge in [0, 0.05) is 30.3 Å². The Morgan fingerprint density at radius 3 is 2.89 bits per heavy atom. The van der Waals surface area contributed by atoms with Crippen molar-refractivity contribution in [3.05, 3.63) is 52.5 Å². The minimum atomic E-state index is -0.737. The van der Waals surface area contributed by atoms with Crippen LogP contribution in [0.4, 0.5) is 0 Å². The number of ether oxygens (including phenoxy) is 1. The number of aliphatic hydroxyl groups excluding tert-OH is 1. The summed E-state index contributed by atoms with van der Waals surface area (Å²) in [5.41, 5.74) is 1.71. The topological polar surface area (TPSA) is 82.9 Å². The van der Waals surface area contributed by atoms with Crippen LogP contribution in [0.25, 0.3) is 10.9 Å². The largest absolute Gasteiger partial charge is 0.497 e. The summed E-state index contributed by atoms with van der Waals surface area (Å²) >= 11 is 9.49. The summed E-state index contributed by atoms with van der Waals surface area (Å²) in [5, 5.41) is 21.3. The molecule has 1 aliphatic rings.